The summed E-state index contributed by atoms with van der Waals surface area (Å²) >= 11 is 0. The van der Waals surface area contributed by atoms with Crippen LogP contribution in [0.2, 0.25) is 0 Å². The second-order valence-corrected chi connectivity index (χ2v) is 4.34. The molecule has 1 rings (SSSR count). The highest BCUT2D eigenvalue weighted by atomic mass is 16.5. The van der Waals surface area contributed by atoms with Gasteiger partial charge in [0.1, 0.15) is 5.41 Å². The number of amides is 1. The van der Waals surface area contributed by atoms with Crippen molar-refractivity contribution in [3.8, 4) is 0 Å². The number of esters is 1. The van der Waals surface area contributed by atoms with E-state index in [1.165, 1.54) is 7.11 Å². The zero-order chi connectivity index (χ0) is 12.9. The molecule has 0 aliphatic carbocycles. The third-order valence-electron chi connectivity index (χ3n) is 2.62. The summed E-state index contributed by atoms with van der Waals surface area (Å²) in [5.74, 6) is -0.850. The van der Waals surface area contributed by atoms with E-state index >= 15 is 0 Å². The second-order valence-electron chi connectivity index (χ2n) is 4.34. The van der Waals surface area contributed by atoms with Crippen LogP contribution in [0.1, 0.15) is 19.4 Å². The van der Waals surface area contributed by atoms with Gasteiger partial charge in [-0.25, -0.2) is 0 Å². The number of carbonyl (C=O) groups excluding carboxylic acids is 2. The topological polar surface area (TPSA) is 71.2 Å². The zero-order valence-corrected chi connectivity index (χ0v) is 10.4. The average Bonchev–Trinajstić information content (AvgIpc) is 2.80. The maximum atomic E-state index is 11.8. The Hall–Kier alpha value is -1.78. The summed E-state index contributed by atoms with van der Waals surface area (Å²) in [6.07, 6.45) is 4.43. The van der Waals surface area contributed by atoms with E-state index in [9.17, 15) is 9.59 Å². The van der Waals surface area contributed by atoms with Crippen molar-refractivity contribution in [2.24, 2.45) is 5.41 Å². The summed E-state index contributed by atoms with van der Waals surface area (Å²) in [6.45, 7) is 3.59. The van der Waals surface area contributed by atoms with Crippen LogP contribution in [0.4, 0.5) is 0 Å². The zero-order valence-electron chi connectivity index (χ0n) is 10.4. The summed E-state index contributed by atoms with van der Waals surface area (Å²) < 4.78 is 4.58. The van der Waals surface area contributed by atoms with Gasteiger partial charge in [0.15, 0.2) is 0 Å². The van der Waals surface area contributed by atoms with E-state index in [2.05, 4.69) is 15.0 Å². The molecule has 0 bridgehead atoms. The van der Waals surface area contributed by atoms with Crippen molar-refractivity contribution in [3.05, 3.63) is 24.0 Å². The number of methoxy groups -OCH3 is 1. The van der Waals surface area contributed by atoms with Crippen LogP contribution in [0.5, 0.6) is 0 Å². The van der Waals surface area contributed by atoms with Crippen molar-refractivity contribution in [1.29, 1.82) is 0 Å². The van der Waals surface area contributed by atoms with Crippen LogP contribution in [0.3, 0.4) is 0 Å². The molecule has 5 heteroatoms. The van der Waals surface area contributed by atoms with Gasteiger partial charge in [0.05, 0.1) is 7.11 Å². The van der Waals surface area contributed by atoms with Gasteiger partial charge in [-0.15, -0.1) is 0 Å². The number of hydrogen-bond donors (Lipinski definition) is 2. The van der Waals surface area contributed by atoms with Crippen molar-refractivity contribution < 1.29 is 14.3 Å². The molecular formula is C12H18N2O3. The highest BCUT2D eigenvalue weighted by Crippen LogP contribution is 2.16. The molecular weight excluding hydrogens is 220 g/mol. The number of nitrogens with one attached hydrogen (secondary N) is 2. The van der Waals surface area contributed by atoms with Gasteiger partial charge in [0.2, 0.25) is 5.91 Å². The summed E-state index contributed by atoms with van der Waals surface area (Å²) in [4.78, 5) is 26.1. The van der Waals surface area contributed by atoms with Gasteiger partial charge >= 0.3 is 5.97 Å². The molecule has 0 saturated heterocycles. The van der Waals surface area contributed by atoms with E-state index in [1.807, 2.05) is 18.5 Å². The smallest absolute Gasteiger partial charge is 0.320 e. The van der Waals surface area contributed by atoms with Crippen molar-refractivity contribution in [3.63, 3.8) is 0 Å². The van der Waals surface area contributed by atoms with Crippen LogP contribution in [-0.2, 0) is 20.7 Å². The number of rotatable bonds is 5. The molecule has 94 valence electrons. The lowest BCUT2D eigenvalue weighted by Gasteiger charge is -2.20. The van der Waals surface area contributed by atoms with E-state index in [0.29, 0.717) is 6.54 Å². The first-order valence-electron chi connectivity index (χ1n) is 5.47. The third kappa shape index (κ3) is 3.34. The van der Waals surface area contributed by atoms with Crippen LogP contribution < -0.4 is 5.32 Å². The summed E-state index contributed by atoms with van der Waals surface area (Å²) in [5, 5.41) is 2.72. The van der Waals surface area contributed by atoms with Crippen LogP contribution in [-0.4, -0.2) is 30.5 Å². The fourth-order valence-corrected chi connectivity index (χ4v) is 1.40. The van der Waals surface area contributed by atoms with Crippen molar-refractivity contribution in [2.45, 2.75) is 20.3 Å². The van der Waals surface area contributed by atoms with Crippen molar-refractivity contribution in [1.82, 2.24) is 10.3 Å². The molecule has 0 saturated carbocycles. The van der Waals surface area contributed by atoms with Gasteiger partial charge in [0, 0.05) is 18.9 Å². The van der Waals surface area contributed by atoms with Gasteiger partial charge in [-0.3, -0.25) is 9.59 Å². The first-order valence-corrected chi connectivity index (χ1v) is 5.47. The first-order chi connectivity index (χ1) is 7.98. The van der Waals surface area contributed by atoms with E-state index in [-0.39, 0.29) is 5.91 Å². The minimum absolute atomic E-state index is 0.320. The van der Waals surface area contributed by atoms with Crippen molar-refractivity contribution >= 4 is 11.9 Å². The van der Waals surface area contributed by atoms with E-state index in [4.69, 9.17) is 0 Å². The predicted molar refractivity (Wildman–Crippen MR) is 63.3 cm³/mol. The van der Waals surface area contributed by atoms with Gasteiger partial charge in [-0.1, -0.05) is 0 Å². The Morgan fingerprint density at radius 3 is 2.71 bits per heavy atom. The monoisotopic (exact) mass is 238 g/mol. The lowest BCUT2D eigenvalue weighted by molar-refractivity contribution is -0.156. The largest absolute Gasteiger partial charge is 0.468 e. The van der Waals surface area contributed by atoms with E-state index in [0.717, 1.165) is 12.0 Å². The minimum atomic E-state index is -1.15. The Kier molecular flexibility index (Phi) is 4.31. The molecule has 0 aliphatic heterocycles. The standard InChI is InChI=1S/C12H18N2O3/c1-12(2,11(16)17-3)10(15)14-7-5-9-4-6-13-8-9/h4,6,8,13H,5,7H2,1-3H3,(H,14,15). The minimum Gasteiger partial charge on any atom is -0.468 e. The lowest BCUT2D eigenvalue weighted by Crippen LogP contribution is -2.43. The Morgan fingerprint density at radius 2 is 2.18 bits per heavy atom. The average molecular weight is 238 g/mol. The molecule has 0 radical (unpaired) electrons. The Bertz CT molecular complexity index is 382. The van der Waals surface area contributed by atoms with E-state index in [1.54, 1.807) is 13.8 Å². The molecule has 0 atom stereocenters. The Balaban J connectivity index is 2.41. The van der Waals surface area contributed by atoms with Crippen LogP contribution >= 0.6 is 0 Å². The van der Waals surface area contributed by atoms with Crippen molar-refractivity contribution in [2.75, 3.05) is 13.7 Å². The molecule has 17 heavy (non-hydrogen) atoms. The number of aromatic nitrogens is 1. The fourth-order valence-electron chi connectivity index (χ4n) is 1.40. The molecule has 0 fully saturated rings. The molecule has 1 aromatic rings. The molecule has 1 amide bonds. The van der Waals surface area contributed by atoms with Crippen LogP contribution in [0, 0.1) is 5.41 Å². The summed E-state index contributed by atoms with van der Waals surface area (Å²) in [5.41, 5.74) is -0.0337. The van der Waals surface area contributed by atoms with Crippen LogP contribution in [0.25, 0.3) is 0 Å². The molecule has 0 aliphatic rings. The molecule has 1 heterocycles. The van der Waals surface area contributed by atoms with Gasteiger partial charge < -0.3 is 15.0 Å². The molecule has 1 aromatic heterocycles. The molecule has 0 spiro atoms. The van der Waals surface area contributed by atoms with Gasteiger partial charge in [0.25, 0.3) is 0 Å². The Morgan fingerprint density at radius 1 is 1.47 bits per heavy atom. The number of ether oxygens (including phenoxy) is 1. The second kappa shape index (κ2) is 5.52. The third-order valence-corrected chi connectivity index (χ3v) is 2.62. The van der Waals surface area contributed by atoms with Gasteiger partial charge in [-0.2, -0.15) is 0 Å². The number of hydrogen-bond acceptors (Lipinski definition) is 3. The van der Waals surface area contributed by atoms with Crippen LogP contribution in [0.15, 0.2) is 18.5 Å². The number of aromatic amines is 1. The molecule has 0 aromatic carbocycles. The Labute approximate surface area is 101 Å². The highest BCUT2D eigenvalue weighted by molar-refractivity contribution is 6.01. The van der Waals surface area contributed by atoms with E-state index < -0.39 is 11.4 Å². The maximum absolute atomic E-state index is 11.8. The number of carbonyl (C=O) groups is 2. The normalized spacial score (nSPS) is 11.0. The first kappa shape index (κ1) is 13.3. The molecule has 2 N–H and O–H groups in total. The summed E-state index contributed by atoms with van der Waals surface area (Å²) in [7, 11) is 1.27. The molecule has 0 unspecified atom stereocenters. The lowest BCUT2D eigenvalue weighted by atomic mass is 9.92. The summed E-state index contributed by atoms with van der Waals surface area (Å²) in [6, 6.07) is 1.94. The SMILES string of the molecule is COC(=O)C(C)(C)C(=O)NCCc1cc[nH]c1. The maximum Gasteiger partial charge on any atom is 0.320 e. The van der Waals surface area contributed by atoms with Gasteiger partial charge in [-0.05, 0) is 31.9 Å². The molecule has 5 nitrogen and oxygen atoms in total. The predicted octanol–water partition coefficient (Wildman–Crippen LogP) is 0.873. The fraction of sp³-hybridized carbons (Fsp3) is 0.500. The quantitative estimate of drug-likeness (QED) is 0.590. The number of H-pyrrole nitrogens is 1. The highest BCUT2D eigenvalue weighted by Gasteiger charge is 2.36.